The van der Waals surface area contributed by atoms with E-state index in [-0.39, 0.29) is 10.7 Å². The average molecular weight is 342 g/mol. The van der Waals surface area contributed by atoms with Crippen LogP contribution in [0.5, 0.6) is 0 Å². The highest BCUT2D eigenvalue weighted by Gasteiger charge is 2.17. The van der Waals surface area contributed by atoms with Crippen LogP contribution in [0, 0.1) is 5.92 Å². The van der Waals surface area contributed by atoms with Crippen LogP contribution in [0.15, 0.2) is 30.3 Å². The lowest BCUT2D eigenvalue weighted by Gasteiger charge is -2.21. The fourth-order valence-electron chi connectivity index (χ4n) is 2.27. The van der Waals surface area contributed by atoms with Crippen LogP contribution in [0.4, 0.5) is 0 Å². The first kappa shape index (κ1) is 14.9. The van der Waals surface area contributed by atoms with Crippen molar-refractivity contribution in [2.75, 3.05) is 18.1 Å². The van der Waals surface area contributed by atoms with Gasteiger partial charge in [0.05, 0.1) is 4.83 Å². The summed E-state index contributed by atoms with van der Waals surface area (Å²) in [5.41, 5.74) is 1.21. The van der Waals surface area contributed by atoms with Gasteiger partial charge in [-0.25, -0.2) is 0 Å². The first-order valence-electron chi connectivity index (χ1n) is 6.79. The zero-order valence-corrected chi connectivity index (χ0v) is 13.4. The molecule has 1 aliphatic heterocycles. The molecule has 0 aromatic heterocycles. The Kier molecular flexibility index (Phi) is 6.24. The van der Waals surface area contributed by atoms with Crippen molar-refractivity contribution in [2.24, 2.45) is 5.92 Å². The lowest BCUT2D eigenvalue weighted by molar-refractivity contribution is -0.122. The monoisotopic (exact) mass is 341 g/mol. The van der Waals surface area contributed by atoms with E-state index in [4.69, 9.17) is 0 Å². The zero-order chi connectivity index (χ0) is 13.5. The molecule has 1 unspecified atom stereocenters. The third-order valence-corrected chi connectivity index (χ3v) is 5.36. The topological polar surface area (TPSA) is 29.1 Å². The minimum absolute atomic E-state index is 0.192. The molecule has 0 spiro atoms. The first-order chi connectivity index (χ1) is 9.25. The number of carbonyl (C=O) groups is 1. The van der Waals surface area contributed by atoms with Gasteiger partial charge in [-0.1, -0.05) is 46.3 Å². The quantitative estimate of drug-likeness (QED) is 0.826. The van der Waals surface area contributed by atoms with Gasteiger partial charge in [0.2, 0.25) is 5.91 Å². The van der Waals surface area contributed by atoms with Crippen molar-refractivity contribution in [3.63, 3.8) is 0 Å². The van der Waals surface area contributed by atoms with Crippen LogP contribution < -0.4 is 5.32 Å². The Hall–Kier alpha value is -0.480. The maximum atomic E-state index is 11.9. The summed E-state index contributed by atoms with van der Waals surface area (Å²) in [5.74, 6) is 3.20. The second-order valence-corrected chi connectivity index (χ2v) is 7.27. The summed E-state index contributed by atoms with van der Waals surface area (Å²) in [6.07, 6.45) is 3.07. The van der Waals surface area contributed by atoms with Gasteiger partial charge in [0.25, 0.3) is 0 Å². The molecular weight excluding hydrogens is 322 g/mol. The van der Waals surface area contributed by atoms with Gasteiger partial charge in [0.1, 0.15) is 0 Å². The number of nitrogens with one attached hydrogen (secondary N) is 1. The molecule has 19 heavy (non-hydrogen) atoms. The predicted molar refractivity (Wildman–Crippen MR) is 85.8 cm³/mol. The smallest absolute Gasteiger partial charge is 0.220 e. The van der Waals surface area contributed by atoms with Gasteiger partial charge >= 0.3 is 0 Å². The standard InChI is InChI=1S/C15H20BrNOS/c16-14(13-4-2-1-3-5-13)11-17-15(18)10-12-6-8-19-9-7-12/h1-5,12,14H,6-11H2,(H,17,18). The van der Waals surface area contributed by atoms with E-state index in [1.165, 1.54) is 29.9 Å². The molecule has 1 N–H and O–H groups in total. The summed E-state index contributed by atoms with van der Waals surface area (Å²) < 4.78 is 0. The molecule has 2 nitrogen and oxygen atoms in total. The van der Waals surface area contributed by atoms with Crippen LogP contribution in [0.2, 0.25) is 0 Å². The molecule has 0 saturated carbocycles. The Labute approximate surface area is 127 Å². The maximum absolute atomic E-state index is 11.9. The molecule has 1 amide bonds. The van der Waals surface area contributed by atoms with Crippen molar-refractivity contribution in [1.82, 2.24) is 5.32 Å². The van der Waals surface area contributed by atoms with Crippen LogP contribution in [-0.2, 0) is 4.79 Å². The molecule has 2 rings (SSSR count). The molecule has 0 radical (unpaired) electrons. The molecule has 0 bridgehead atoms. The minimum atomic E-state index is 0.192. The van der Waals surface area contributed by atoms with Gasteiger partial charge in [-0.3, -0.25) is 4.79 Å². The molecule has 1 fully saturated rings. The summed E-state index contributed by atoms with van der Waals surface area (Å²) >= 11 is 5.62. The van der Waals surface area contributed by atoms with E-state index in [0.29, 0.717) is 18.9 Å². The number of benzene rings is 1. The van der Waals surface area contributed by atoms with Gasteiger partial charge in [0, 0.05) is 13.0 Å². The van der Waals surface area contributed by atoms with E-state index in [2.05, 4.69) is 33.4 Å². The minimum Gasteiger partial charge on any atom is -0.355 e. The molecule has 4 heteroatoms. The SMILES string of the molecule is O=C(CC1CCSCC1)NCC(Br)c1ccccc1. The molecular formula is C15H20BrNOS. The van der Waals surface area contributed by atoms with Crippen LogP contribution in [0.1, 0.15) is 29.7 Å². The Morgan fingerprint density at radius 1 is 1.32 bits per heavy atom. The third kappa shape index (κ3) is 5.19. The summed E-state index contributed by atoms with van der Waals surface area (Å²) in [6, 6.07) is 10.2. The Morgan fingerprint density at radius 3 is 2.68 bits per heavy atom. The number of rotatable bonds is 5. The summed E-state index contributed by atoms with van der Waals surface area (Å²) in [6.45, 7) is 0.657. The normalized spacial score (nSPS) is 17.9. The highest BCUT2D eigenvalue weighted by atomic mass is 79.9. The van der Waals surface area contributed by atoms with E-state index < -0.39 is 0 Å². The molecule has 1 aliphatic rings. The molecule has 104 valence electrons. The van der Waals surface area contributed by atoms with E-state index in [1.807, 2.05) is 30.0 Å². The van der Waals surface area contributed by atoms with Crippen molar-refractivity contribution in [3.05, 3.63) is 35.9 Å². The summed E-state index contributed by atoms with van der Waals surface area (Å²) in [7, 11) is 0. The van der Waals surface area contributed by atoms with Gasteiger partial charge in [-0.2, -0.15) is 11.8 Å². The van der Waals surface area contributed by atoms with Crippen LogP contribution >= 0.6 is 27.7 Å². The number of amides is 1. The number of halogens is 1. The highest BCUT2D eigenvalue weighted by molar-refractivity contribution is 9.09. The Balaban J connectivity index is 1.71. The second kappa shape index (κ2) is 7.95. The van der Waals surface area contributed by atoms with Crippen molar-refractivity contribution < 1.29 is 4.79 Å². The number of hydrogen-bond donors (Lipinski definition) is 1. The lowest BCUT2D eigenvalue weighted by atomic mass is 9.98. The third-order valence-electron chi connectivity index (χ3n) is 3.45. The van der Waals surface area contributed by atoms with Gasteiger partial charge < -0.3 is 5.32 Å². The highest BCUT2D eigenvalue weighted by Crippen LogP contribution is 2.25. The fourth-order valence-corrected chi connectivity index (χ4v) is 3.94. The number of alkyl halides is 1. The lowest BCUT2D eigenvalue weighted by Crippen LogP contribution is -2.29. The molecule has 1 saturated heterocycles. The van der Waals surface area contributed by atoms with Crippen LogP contribution in [0.3, 0.4) is 0 Å². The van der Waals surface area contributed by atoms with Crippen molar-refractivity contribution in [2.45, 2.75) is 24.1 Å². The first-order valence-corrected chi connectivity index (χ1v) is 8.86. The summed E-state index contributed by atoms with van der Waals surface area (Å²) in [4.78, 5) is 12.1. The number of hydrogen-bond acceptors (Lipinski definition) is 2. The van der Waals surface area contributed by atoms with Crippen molar-refractivity contribution in [1.29, 1.82) is 0 Å². The van der Waals surface area contributed by atoms with Gasteiger partial charge in [-0.05, 0) is 35.8 Å². The van der Waals surface area contributed by atoms with Crippen LogP contribution in [-0.4, -0.2) is 24.0 Å². The van der Waals surface area contributed by atoms with Crippen molar-refractivity contribution in [3.8, 4) is 0 Å². The predicted octanol–water partition coefficient (Wildman–Crippen LogP) is 3.77. The Bertz CT molecular complexity index is 392. The average Bonchev–Trinajstić information content (AvgIpc) is 2.47. The molecule has 1 aromatic carbocycles. The number of thioether (sulfide) groups is 1. The fraction of sp³-hybridized carbons (Fsp3) is 0.533. The van der Waals surface area contributed by atoms with Gasteiger partial charge in [0.15, 0.2) is 0 Å². The summed E-state index contributed by atoms with van der Waals surface area (Å²) in [5, 5.41) is 3.04. The van der Waals surface area contributed by atoms with E-state index >= 15 is 0 Å². The second-order valence-electron chi connectivity index (χ2n) is 4.94. The maximum Gasteiger partial charge on any atom is 0.220 e. The molecule has 1 heterocycles. The molecule has 1 aromatic rings. The molecule has 1 atom stereocenters. The van der Waals surface area contributed by atoms with Crippen molar-refractivity contribution >= 4 is 33.6 Å². The van der Waals surface area contributed by atoms with E-state index in [9.17, 15) is 4.79 Å². The largest absolute Gasteiger partial charge is 0.355 e. The molecule has 0 aliphatic carbocycles. The van der Waals surface area contributed by atoms with E-state index in [1.54, 1.807) is 0 Å². The van der Waals surface area contributed by atoms with Crippen LogP contribution in [0.25, 0.3) is 0 Å². The number of carbonyl (C=O) groups excluding carboxylic acids is 1. The van der Waals surface area contributed by atoms with E-state index in [0.717, 1.165) is 0 Å². The van der Waals surface area contributed by atoms with Gasteiger partial charge in [-0.15, -0.1) is 0 Å². The zero-order valence-electron chi connectivity index (χ0n) is 11.0. The Morgan fingerprint density at radius 2 is 2.00 bits per heavy atom.